The van der Waals surface area contributed by atoms with Crippen LogP contribution in [0.3, 0.4) is 0 Å². The molecule has 3 rings (SSSR count). The van der Waals surface area contributed by atoms with Gasteiger partial charge in [0, 0.05) is 5.02 Å². The van der Waals surface area contributed by atoms with Gasteiger partial charge in [-0.1, -0.05) is 29.3 Å². The number of halogens is 2. The number of carbonyl (C=O) groups excluding carboxylic acids is 2. The third-order valence-electron chi connectivity index (χ3n) is 4.51. The lowest BCUT2D eigenvalue weighted by atomic mass is 10.1. The molecule has 6 nitrogen and oxygen atoms in total. The fraction of sp³-hybridized carbons (Fsp3) is 0.227. The minimum atomic E-state index is -0.603. The minimum Gasteiger partial charge on any atom is -0.490 e. The van der Waals surface area contributed by atoms with Crippen LogP contribution in [0.1, 0.15) is 25.0 Å². The first-order valence-electron chi connectivity index (χ1n) is 9.54. The second-order valence-corrected chi connectivity index (χ2v) is 7.74. The van der Waals surface area contributed by atoms with Gasteiger partial charge < -0.3 is 9.47 Å². The van der Waals surface area contributed by atoms with Gasteiger partial charge >= 0.3 is 0 Å². The summed E-state index contributed by atoms with van der Waals surface area (Å²) in [7, 11) is 0. The van der Waals surface area contributed by atoms with Crippen LogP contribution in [0.5, 0.6) is 11.5 Å². The van der Waals surface area contributed by atoms with E-state index in [9.17, 15) is 9.59 Å². The lowest BCUT2D eigenvalue weighted by molar-refractivity contribution is -0.122. The van der Waals surface area contributed by atoms with Gasteiger partial charge in [-0.3, -0.25) is 19.8 Å². The highest BCUT2D eigenvalue weighted by atomic mass is 35.5. The van der Waals surface area contributed by atoms with Crippen LogP contribution < -0.4 is 19.7 Å². The van der Waals surface area contributed by atoms with Crippen LogP contribution in [-0.2, 0) is 9.59 Å². The van der Waals surface area contributed by atoms with Gasteiger partial charge in [0.05, 0.1) is 23.9 Å². The number of thiocarbonyl (C=S) groups is 1. The van der Waals surface area contributed by atoms with E-state index >= 15 is 0 Å². The number of carbonyl (C=O) groups is 2. The number of anilines is 1. The molecule has 2 aromatic carbocycles. The number of hydrogen-bond acceptors (Lipinski definition) is 5. The predicted molar refractivity (Wildman–Crippen MR) is 126 cm³/mol. The molecule has 0 radical (unpaired) electrons. The van der Waals surface area contributed by atoms with Crippen LogP contribution in [-0.4, -0.2) is 30.1 Å². The van der Waals surface area contributed by atoms with Crippen LogP contribution in [0.2, 0.25) is 10.0 Å². The molecular weight excluding hydrogens is 459 g/mol. The molecule has 1 heterocycles. The molecule has 1 aliphatic heterocycles. The Morgan fingerprint density at radius 2 is 1.81 bits per heavy atom. The van der Waals surface area contributed by atoms with Crippen LogP contribution in [0.4, 0.5) is 5.69 Å². The van der Waals surface area contributed by atoms with E-state index < -0.39 is 11.8 Å². The van der Waals surface area contributed by atoms with Gasteiger partial charge in [0.2, 0.25) is 0 Å². The highest BCUT2D eigenvalue weighted by molar-refractivity contribution is 7.80. The molecule has 0 aliphatic carbocycles. The Morgan fingerprint density at radius 3 is 2.48 bits per heavy atom. The molecule has 1 saturated heterocycles. The van der Waals surface area contributed by atoms with Crippen molar-refractivity contribution in [2.24, 2.45) is 0 Å². The zero-order chi connectivity index (χ0) is 22.7. The highest BCUT2D eigenvalue weighted by Gasteiger charge is 2.35. The molecular formula is C22H20Cl2N2O4S. The summed E-state index contributed by atoms with van der Waals surface area (Å²) in [5.74, 6) is -0.341. The average molecular weight is 479 g/mol. The van der Waals surface area contributed by atoms with Crippen molar-refractivity contribution in [1.82, 2.24) is 5.32 Å². The summed E-state index contributed by atoms with van der Waals surface area (Å²) >= 11 is 17.8. The largest absolute Gasteiger partial charge is 0.490 e. The SMILES string of the molecule is CCOc1cc(/C=C2\C(=O)NC(=S)N(c3cccc(Cl)c3C)C2=O)cc(Cl)c1OCC. The van der Waals surface area contributed by atoms with Crippen LogP contribution in [0, 0.1) is 6.92 Å². The molecule has 1 N–H and O–H groups in total. The molecule has 31 heavy (non-hydrogen) atoms. The number of hydrogen-bond donors (Lipinski definition) is 1. The Labute approximate surface area is 195 Å². The summed E-state index contributed by atoms with van der Waals surface area (Å²) in [4.78, 5) is 27.1. The Balaban J connectivity index is 2.07. The summed E-state index contributed by atoms with van der Waals surface area (Å²) < 4.78 is 11.2. The number of benzene rings is 2. The fourth-order valence-electron chi connectivity index (χ4n) is 3.10. The van der Waals surface area contributed by atoms with Crippen molar-refractivity contribution in [2.75, 3.05) is 18.1 Å². The lowest BCUT2D eigenvalue weighted by Crippen LogP contribution is -2.54. The molecule has 0 atom stereocenters. The summed E-state index contributed by atoms with van der Waals surface area (Å²) in [6.45, 7) is 6.24. The third-order valence-corrected chi connectivity index (χ3v) is 5.49. The first-order valence-corrected chi connectivity index (χ1v) is 10.7. The number of nitrogens with zero attached hydrogens (tertiary/aromatic N) is 1. The van der Waals surface area contributed by atoms with Crippen LogP contribution in [0.25, 0.3) is 6.08 Å². The minimum absolute atomic E-state index is 0.0164. The molecule has 0 saturated carbocycles. The van der Waals surface area contributed by atoms with Gasteiger partial charge in [0.25, 0.3) is 11.8 Å². The quantitative estimate of drug-likeness (QED) is 0.362. The van der Waals surface area contributed by atoms with E-state index in [-0.39, 0.29) is 10.7 Å². The van der Waals surface area contributed by atoms with Crippen LogP contribution >= 0.6 is 35.4 Å². The normalized spacial score (nSPS) is 15.3. The van der Waals surface area contributed by atoms with Gasteiger partial charge in [-0.2, -0.15) is 0 Å². The van der Waals surface area contributed by atoms with Gasteiger partial charge in [0.15, 0.2) is 16.6 Å². The maximum atomic E-state index is 13.3. The number of rotatable bonds is 6. The molecule has 2 aromatic rings. The molecule has 0 spiro atoms. The van der Waals surface area contributed by atoms with Gasteiger partial charge in [-0.15, -0.1) is 0 Å². The zero-order valence-corrected chi connectivity index (χ0v) is 19.5. The summed E-state index contributed by atoms with van der Waals surface area (Å²) in [6.07, 6.45) is 1.44. The van der Waals surface area contributed by atoms with Crippen molar-refractivity contribution >= 4 is 64.1 Å². The Bertz CT molecular complexity index is 1100. The molecule has 9 heteroatoms. The smallest absolute Gasteiger partial charge is 0.270 e. The first-order chi connectivity index (χ1) is 14.8. The maximum absolute atomic E-state index is 13.3. The summed E-state index contributed by atoms with van der Waals surface area (Å²) in [6, 6.07) is 8.40. The lowest BCUT2D eigenvalue weighted by Gasteiger charge is -2.30. The maximum Gasteiger partial charge on any atom is 0.270 e. The predicted octanol–water partition coefficient (Wildman–Crippen LogP) is 4.93. The highest BCUT2D eigenvalue weighted by Crippen LogP contribution is 2.38. The van der Waals surface area contributed by atoms with E-state index in [0.29, 0.717) is 51.6 Å². The van der Waals surface area contributed by atoms with E-state index in [1.807, 2.05) is 13.8 Å². The number of amides is 2. The first kappa shape index (κ1) is 23.1. The molecule has 2 amide bonds. The fourth-order valence-corrected chi connectivity index (χ4v) is 3.82. The van der Waals surface area contributed by atoms with Crippen molar-refractivity contribution in [3.8, 4) is 11.5 Å². The Morgan fingerprint density at radius 1 is 1.10 bits per heavy atom. The Kier molecular flexibility index (Phi) is 7.20. The monoisotopic (exact) mass is 478 g/mol. The van der Waals surface area contributed by atoms with Crippen molar-refractivity contribution < 1.29 is 19.1 Å². The topological polar surface area (TPSA) is 67.9 Å². The van der Waals surface area contributed by atoms with Gasteiger partial charge in [0.1, 0.15) is 5.57 Å². The molecule has 1 fully saturated rings. The second kappa shape index (κ2) is 9.68. The molecule has 162 valence electrons. The van der Waals surface area contributed by atoms with Gasteiger partial charge in [-0.05, 0) is 74.5 Å². The van der Waals surface area contributed by atoms with E-state index in [4.69, 9.17) is 44.9 Å². The molecule has 1 aliphatic rings. The van der Waals surface area contributed by atoms with Crippen LogP contribution in [0.15, 0.2) is 35.9 Å². The average Bonchev–Trinajstić information content (AvgIpc) is 2.71. The van der Waals surface area contributed by atoms with E-state index in [2.05, 4.69) is 5.32 Å². The van der Waals surface area contributed by atoms with Gasteiger partial charge in [-0.25, -0.2) is 0 Å². The molecule has 0 aromatic heterocycles. The third kappa shape index (κ3) is 4.69. The van der Waals surface area contributed by atoms with Crippen molar-refractivity contribution in [1.29, 1.82) is 0 Å². The molecule has 0 bridgehead atoms. The van der Waals surface area contributed by atoms with E-state index in [0.717, 1.165) is 0 Å². The standard InChI is InChI=1S/C22H20Cl2N2O4S/c1-4-29-18-11-13(10-16(24)19(18)30-5-2)9-14-20(27)25-22(31)26(21(14)28)17-8-6-7-15(23)12(17)3/h6-11H,4-5H2,1-3H3,(H,25,27,31)/b14-9+. The summed E-state index contributed by atoms with van der Waals surface area (Å²) in [5, 5.41) is 3.33. The van der Waals surface area contributed by atoms with E-state index in [1.54, 1.807) is 37.3 Å². The van der Waals surface area contributed by atoms with Crippen molar-refractivity contribution in [3.05, 3.63) is 57.1 Å². The van der Waals surface area contributed by atoms with Crippen molar-refractivity contribution in [2.45, 2.75) is 20.8 Å². The second-order valence-electron chi connectivity index (χ2n) is 6.54. The van der Waals surface area contributed by atoms with E-state index in [1.165, 1.54) is 11.0 Å². The number of ether oxygens (including phenoxy) is 2. The Hall–Kier alpha value is -2.61. The molecule has 0 unspecified atom stereocenters. The zero-order valence-electron chi connectivity index (χ0n) is 17.1. The number of nitrogens with one attached hydrogen (secondary N) is 1. The van der Waals surface area contributed by atoms with Crippen molar-refractivity contribution in [3.63, 3.8) is 0 Å². The summed E-state index contributed by atoms with van der Waals surface area (Å²) in [5.41, 5.74) is 1.56.